The largest absolute Gasteiger partial charge is 0.354 e. The van der Waals surface area contributed by atoms with Crippen molar-refractivity contribution < 1.29 is 9.53 Å². The molecule has 3 nitrogen and oxygen atoms in total. The van der Waals surface area contributed by atoms with Crippen LogP contribution in [0.3, 0.4) is 0 Å². The smallest absolute Gasteiger partial charge is 0.248 e. The molecule has 2 rings (SSSR count). The molecule has 0 aromatic heterocycles. The van der Waals surface area contributed by atoms with Crippen LogP contribution in [-0.2, 0) is 9.53 Å². The lowest BCUT2D eigenvalue weighted by atomic mass is 10.2. The number of carbonyl (C=O) groups excluding carboxylic acids is 1. The van der Waals surface area contributed by atoms with E-state index in [0.717, 1.165) is 5.56 Å². The summed E-state index contributed by atoms with van der Waals surface area (Å²) < 4.78 is 5.50. The number of amides is 1. The SMILES string of the molecule is CC1(C)OCCN1C(=O)C=Cc1ccccc1. The summed E-state index contributed by atoms with van der Waals surface area (Å²) in [6.45, 7) is 5.09. The fraction of sp³-hybridized carbons (Fsp3) is 0.357. The van der Waals surface area contributed by atoms with E-state index in [1.165, 1.54) is 0 Å². The van der Waals surface area contributed by atoms with Crippen molar-refractivity contribution in [2.24, 2.45) is 0 Å². The molecule has 1 aromatic rings. The number of carbonyl (C=O) groups is 1. The Morgan fingerprint density at radius 3 is 2.65 bits per heavy atom. The molecule has 0 saturated carbocycles. The molecule has 1 fully saturated rings. The summed E-state index contributed by atoms with van der Waals surface area (Å²) in [5.74, 6) is -0.00338. The number of ether oxygens (including phenoxy) is 1. The van der Waals surface area contributed by atoms with Crippen molar-refractivity contribution in [1.29, 1.82) is 0 Å². The number of rotatable bonds is 2. The van der Waals surface area contributed by atoms with Gasteiger partial charge in [0.25, 0.3) is 0 Å². The van der Waals surface area contributed by atoms with Gasteiger partial charge in [-0.15, -0.1) is 0 Å². The summed E-state index contributed by atoms with van der Waals surface area (Å²) in [5, 5.41) is 0. The molecule has 0 spiro atoms. The van der Waals surface area contributed by atoms with Crippen molar-refractivity contribution in [3.8, 4) is 0 Å². The zero-order valence-electron chi connectivity index (χ0n) is 10.2. The molecule has 1 aromatic carbocycles. The van der Waals surface area contributed by atoms with Crippen LogP contribution in [0.15, 0.2) is 36.4 Å². The van der Waals surface area contributed by atoms with Gasteiger partial charge in [0, 0.05) is 12.6 Å². The quantitative estimate of drug-likeness (QED) is 0.731. The van der Waals surface area contributed by atoms with Crippen molar-refractivity contribution in [2.45, 2.75) is 19.6 Å². The molecule has 0 bridgehead atoms. The highest BCUT2D eigenvalue weighted by Crippen LogP contribution is 2.22. The first-order valence-corrected chi connectivity index (χ1v) is 5.78. The minimum absolute atomic E-state index is 0.00338. The fourth-order valence-electron chi connectivity index (χ4n) is 1.93. The third-order valence-corrected chi connectivity index (χ3v) is 2.90. The molecule has 1 heterocycles. The minimum Gasteiger partial charge on any atom is -0.354 e. The molecule has 0 unspecified atom stereocenters. The van der Waals surface area contributed by atoms with E-state index in [1.54, 1.807) is 11.0 Å². The van der Waals surface area contributed by atoms with Gasteiger partial charge in [-0.2, -0.15) is 0 Å². The average Bonchev–Trinajstić information content (AvgIpc) is 2.67. The standard InChI is InChI=1S/C14H17NO2/c1-14(2)15(10-11-17-14)13(16)9-8-12-6-4-3-5-7-12/h3-9H,10-11H2,1-2H3. The van der Waals surface area contributed by atoms with Crippen molar-refractivity contribution in [1.82, 2.24) is 4.90 Å². The van der Waals surface area contributed by atoms with Crippen LogP contribution in [0.4, 0.5) is 0 Å². The number of nitrogens with zero attached hydrogens (tertiary/aromatic N) is 1. The van der Waals surface area contributed by atoms with Crippen molar-refractivity contribution >= 4 is 12.0 Å². The third-order valence-electron chi connectivity index (χ3n) is 2.90. The second-order valence-corrected chi connectivity index (χ2v) is 4.53. The van der Waals surface area contributed by atoms with Gasteiger partial charge in [0.2, 0.25) is 5.91 Å². The van der Waals surface area contributed by atoms with Crippen molar-refractivity contribution in [2.75, 3.05) is 13.2 Å². The number of hydrogen-bond acceptors (Lipinski definition) is 2. The molecule has 0 radical (unpaired) electrons. The zero-order valence-corrected chi connectivity index (χ0v) is 10.2. The van der Waals surface area contributed by atoms with Gasteiger partial charge in [-0.1, -0.05) is 30.3 Å². The highest BCUT2D eigenvalue weighted by atomic mass is 16.5. The topological polar surface area (TPSA) is 29.5 Å². The first kappa shape index (κ1) is 11.9. The molecule has 1 aliphatic heterocycles. The Balaban J connectivity index is 2.05. The van der Waals surface area contributed by atoms with Crippen LogP contribution in [0.5, 0.6) is 0 Å². The number of hydrogen-bond donors (Lipinski definition) is 0. The summed E-state index contributed by atoms with van der Waals surface area (Å²) in [5.41, 5.74) is 0.539. The maximum atomic E-state index is 12.0. The molecular weight excluding hydrogens is 214 g/mol. The lowest BCUT2D eigenvalue weighted by Gasteiger charge is -2.28. The van der Waals surface area contributed by atoms with Gasteiger partial charge in [0.05, 0.1) is 6.61 Å². The van der Waals surface area contributed by atoms with Gasteiger partial charge in [0.15, 0.2) is 0 Å². The summed E-state index contributed by atoms with van der Waals surface area (Å²) in [7, 11) is 0. The van der Waals surface area contributed by atoms with Crippen LogP contribution in [0, 0.1) is 0 Å². The molecule has 90 valence electrons. The van der Waals surface area contributed by atoms with Gasteiger partial charge in [-0.3, -0.25) is 4.79 Å². The van der Waals surface area contributed by atoms with Gasteiger partial charge in [0.1, 0.15) is 5.72 Å². The maximum absolute atomic E-state index is 12.0. The van der Waals surface area contributed by atoms with Gasteiger partial charge in [-0.05, 0) is 25.5 Å². The van der Waals surface area contributed by atoms with Crippen LogP contribution < -0.4 is 0 Å². The van der Waals surface area contributed by atoms with Crippen LogP contribution in [0.1, 0.15) is 19.4 Å². The number of benzene rings is 1. The van der Waals surface area contributed by atoms with Crippen LogP contribution in [-0.4, -0.2) is 29.7 Å². The van der Waals surface area contributed by atoms with Crippen molar-refractivity contribution in [3.05, 3.63) is 42.0 Å². The average molecular weight is 231 g/mol. The summed E-state index contributed by atoms with van der Waals surface area (Å²) in [6.07, 6.45) is 3.43. The molecule has 1 saturated heterocycles. The lowest BCUT2D eigenvalue weighted by Crippen LogP contribution is -2.42. The van der Waals surface area contributed by atoms with Gasteiger partial charge >= 0.3 is 0 Å². The van der Waals surface area contributed by atoms with Crippen LogP contribution in [0.2, 0.25) is 0 Å². The molecule has 3 heteroatoms. The van der Waals surface area contributed by atoms with Crippen LogP contribution in [0.25, 0.3) is 6.08 Å². The molecule has 0 N–H and O–H groups in total. The second-order valence-electron chi connectivity index (χ2n) is 4.53. The van der Waals surface area contributed by atoms with Gasteiger partial charge < -0.3 is 9.64 Å². The molecule has 0 atom stereocenters. The minimum atomic E-state index is -0.488. The zero-order chi connectivity index (χ0) is 12.3. The molecule has 17 heavy (non-hydrogen) atoms. The van der Waals surface area contributed by atoms with E-state index in [2.05, 4.69) is 0 Å². The Labute approximate surface area is 102 Å². The first-order valence-electron chi connectivity index (χ1n) is 5.78. The van der Waals surface area contributed by atoms with E-state index in [1.807, 2.05) is 50.3 Å². The Hall–Kier alpha value is -1.61. The van der Waals surface area contributed by atoms with Crippen LogP contribution >= 0.6 is 0 Å². The van der Waals surface area contributed by atoms with E-state index >= 15 is 0 Å². The Kier molecular flexibility index (Phi) is 3.29. The summed E-state index contributed by atoms with van der Waals surface area (Å²) in [4.78, 5) is 13.7. The highest BCUT2D eigenvalue weighted by molar-refractivity contribution is 5.92. The van der Waals surface area contributed by atoms with E-state index in [9.17, 15) is 4.79 Å². The Bertz CT molecular complexity index is 423. The van der Waals surface area contributed by atoms with E-state index in [-0.39, 0.29) is 5.91 Å². The molecule has 1 aliphatic rings. The maximum Gasteiger partial charge on any atom is 0.248 e. The lowest BCUT2D eigenvalue weighted by molar-refractivity contribution is -0.138. The third kappa shape index (κ3) is 2.74. The predicted octanol–water partition coefficient (Wildman–Crippen LogP) is 2.29. The van der Waals surface area contributed by atoms with E-state index in [4.69, 9.17) is 4.74 Å². The van der Waals surface area contributed by atoms with Crippen molar-refractivity contribution in [3.63, 3.8) is 0 Å². The van der Waals surface area contributed by atoms with E-state index < -0.39 is 5.72 Å². The normalized spacial score (nSPS) is 18.8. The Morgan fingerprint density at radius 1 is 1.35 bits per heavy atom. The second kappa shape index (κ2) is 4.72. The van der Waals surface area contributed by atoms with Gasteiger partial charge in [-0.25, -0.2) is 0 Å². The Morgan fingerprint density at radius 2 is 2.06 bits per heavy atom. The van der Waals surface area contributed by atoms with E-state index in [0.29, 0.717) is 13.2 Å². The fourth-order valence-corrected chi connectivity index (χ4v) is 1.93. The molecular formula is C14H17NO2. The molecule has 1 amide bonds. The summed E-state index contributed by atoms with van der Waals surface area (Å²) >= 11 is 0. The molecule has 0 aliphatic carbocycles. The predicted molar refractivity (Wildman–Crippen MR) is 67.2 cm³/mol. The highest BCUT2D eigenvalue weighted by Gasteiger charge is 2.35. The monoisotopic (exact) mass is 231 g/mol. The first-order chi connectivity index (χ1) is 8.09. The summed E-state index contributed by atoms with van der Waals surface area (Å²) in [6, 6.07) is 9.79.